The van der Waals surface area contributed by atoms with Gasteiger partial charge in [0.25, 0.3) is 5.91 Å². The van der Waals surface area contributed by atoms with Crippen molar-refractivity contribution in [3.63, 3.8) is 0 Å². The van der Waals surface area contributed by atoms with Crippen molar-refractivity contribution >= 4 is 44.2 Å². The Morgan fingerprint density at radius 2 is 1.72 bits per heavy atom. The van der Waals surface area contributed by atoms with Gasteiger partial charge < -0.3 is 14.2 Å². The van der Waals surface area contributed by atoms with Crippen molar-refractivity contribution in [1.29, 1.82) is 0 Å². The largest absolute Gasteiger partial charge is 0.494 e. The molecule has 1 aromatic heterocycles. The lowest BCUT2D eigenvalue weighted by atomic mass is 10.2. The summed E-state index contributed by atoms with van der Waals surface area (Å²) in [6.07, 6.45) is 0. The molecule has 0 unspecified atom stereocenters. The average Bonchev–Trinajstić information content (AvgIpc) is 3.06. The first-order valence-electron chi connectivity index (χ1n) is 7.23. The van der Waals surface area contributed by atoms with Crippen LogP contribution < -0.4 is 19.5 Å². The Morgan fingerprint density at radius 3 is 2.40 bits per heavy atom. The molecule has 6 nitrogen and oxygen atoms in total. The van der Waals surface area contributed by atoms with Gasteiger partial charge in [-0.05, 0) is 30.3 Å². The van der Waals surface area contributed by atoms with Crippen molar-refractivity contribution in [3.8, 4) is 17.2 Å². The molecule has 0 spiro atoms. The van der Waals surface area contributed by atoms with E-state index in [0.717, 1.165) is 4.70 Å². The van der Waals surface area contributed by atoms with Gasteiger partial charge in [0, 0.05) is 5.56 Å². The zero-order chi connectivity index (χ0) is 18.0. The lowest BCUT2D eigenvalue weighted by Crippen LogP contribution is -2.11. The van der Waals surface area contributed by atoms with Crippen LogP contribution in [0.4, 0.5) is 5.13 Å². The number of aromatic nitrogens is 1. The van der Waals surface area contributed by atoms with Gasteiger partial charge in [-0.15, -0.1) is 0 Å². The number of carbonyl (C=O) groups excluding carboxylic acids is 1. The molecule has 25 heavy (non-hydrogen) atoms. The molecule has 130 valence electrons. The molecule has 0 saturated carbocycles. The van der Waals surface area contributed by atoms with Crippen LogP contribution in [-0.4, -0.2) is 32.2 Å². The number of ether oxygens (including phenoxy) is 3. The van der Waals surface area contributed by atoms with Gasteiger partial charge in [0.15, 0.2) is 16.6 Å². The number of hydrogen-bond donors (Lipinski definition) is 1. The summed E-state index contributed by atoms with van der Waals surface area (Å²) in [6, 6.07) is 8.41. The van der Waals surface area contributed by atoms with Gasteiger partial charge in [-0.2, -0.15) is 0 Å². The van der Waals surface area contributed by atoms with Crippen molar-refractivity contribution in [3.05, 3.63) is 40.9 Å². The number of amides is 1. The van der Waals surface area contributed by atoms with E-state index in [-0.39, 0.29) is 5.91 Å². The number of methoxy groups -OCH3 is 3. The van der Waals surface area contributed by atoms with Crippen LogP contribution in [0.15, 0.2) is 30.3 Å². The summed E-state index contributed by atoms with van der Waals surface area (Å²) < 4.78 is 16.4. The SMILES string of the molecule is COc1ccc(C(=O)Nc2nc3c(OC)ccc(Cl)c3s2)cc1OC. The van der Waals surface area contributed by atoms with Gasteiger partial charge in [-0.1, -0.05) is 22.9 Å². The highest BCUT2D eigenvalue weighted by molar-refractivity contribution is 7.23. The van der Waals surface area contributed by atoms with Gasteiger partial charge in [0.1, 0.15) is 11.3 Å². The van der Waals surface area contributed by atoms with Crippen molar-refractivity contribution in [2.75, 3.05) is 26.6 Å². The number of carbonyl (C=O) groups is 1. The molecule has 0 radical (unpaired) electrons. The van der Waals surface area contributed by atoms with E-state index in [9.17, 15) is 4.79 Å². The van der Waals surface area contributed by atoms with Crippen LogP contribution in [0, 0.1) is 0 Å². The molecule has 1 amide bonds. The van der Waals surface area contributed by atoms with Crippen LogP contribution in [0.1, 0.15) is 10.4 Å². The van der Waals surface area contributed by atoms with Gasteiger partial charge >= 0.3 is 0 Å². The number of benzene rings is 2. The van der Waals surface area contributed by atoms with Crippen LogP contribution >= 0.6 is 22.9 Å². The number of halogens is 1. The summed E-state index contributed by atoms with van der Waals surface area (Å²) in [5.74, 6) is 1.32. The van der Waals surface area contributed by atoms with Gasteiger partial charge in [-0.3, -0.25) is 10.1 Å². The molecule has 0 bridgehead atoms. The Morgan fingerprint density at radius 1 is 1.04 bits per heavy atom. The second kappa shape index (κ2) is 7.16. The quantitative estimate of drug-likeness (QED) is 0.719. The monoisotopic (exact) mass is 378 g/mol. The molecule has 0 aliphatic carbocycles. The zero-order valence-electron chi connectivity index (χ0n) is 13.8. The molecule has 3 rings (SSSR count). The molecule has 1 heterocycles. The van der Waals surface area contributed by atoms with E-state index >= 15 is 0 Å². The molecule has 1 N–H and O–H groups in total. The Labute approximate surface area is 153 Å². The van der Waals surface area contributed by atoms with Crippen molar-refractivity contribution in [2.24, 2.45) is 0 Å². The summed E-state index contributed by atoms with van der Waals surface area (Å²) in [5.41, 5.74) is 1.04. The highest BCUT2D eigenvalue weighted by Gasteiger charge is 2.16. The van der Waals surface area contributed by atoms with E-state index in [1.54, 1.807) is 37.4 Å². The number of nitrogens with zero attached hydrogens (tertiary/aromatic N) is 1. The average molecular weight is 379 g/mol. The summed E-state index contributed by atoms with van der Waals surface area (Å²) in [6.45, 7) is 0. The normalized spacial score (nSPS) is 10.6. The van der Waals surface area contributed by atoms with Crippen LogP contribution in [0.25, 0.3) is 10.2 Å². The van der Waals surface area contributed by atoms with Gasteiger partial charge in [-0.25, -0.2) is 4.98 Å². The van der Waals surface area contributed by atoms with Crippen molar-refractivity contribution in [1.82, 2.24) is 4.98 Å². The minimum absolute atomic E-state index is 0.310. The third-order valence-corrected chi connectivity index (χ3v) is 4.98. The maximum absolute atomic E-state index is 12.5. The fourth-order valence-electron chi connectivity index (χ4n) is 2.32. The molecule has 3 aromatic rings. The fraction of sp³-hybridized carbons (Fsp3) is 0.176. The molecule has 0 fully saturated rings. The van der Waals surface area contributed by atoms with E-state index in [0.29, 0.717) is 38.5 Å². The molecular formula is C17H15ClN2O4S. The molecule has 0 aliphatic heterocycles. The zero-order valence-corrected chi connectivity index (χ0v) is 15.3. The Hall–Kier alpha value is -2.51. The first-order chi connectivity index (χ1) is 12.1. The predicted molar refractivity (Wildman–Crippen MR) is 98.7 cm³/mol. The maximum atomic E-state index is 12.5. The summed E-state index contributed by atoms with van der Waals surface area (Å²) in [5, 5.41) is 3.76. The Kier molecular flexibility index (Phi) is 4.96. The third kappa shape index (κ3) is 3.33. The van der Waals surface area contributed by atoms with Crippen molar-refractivity contribution < 1.29 is 19.0 Å². The Bertz CT molecular complexity index is 942. The number of nitrogens with one attached hydrogen (secondary N) is 1. The second-order valence-corrected chi connectivity index (χ2v) is 6.38. The van der Waals surface area contributed by atoms with Gasteiger partial charge in [0.2, 0.25) is 0 Å². The smallest absolute Gasteiger partial charge is 0.257 e. The topological polar surface area (TPSA) is 69.7 Å². The highest BCUT2D eigenvalue weighted by atomic mass is 35.5. The minimum atomic E-state index is -0.310. The third-order valence-electron chi connectivity index (χ3n) is 3.54. The van der Waals surface area contributed by atoms with E-state index in [1.807, 2.05) is 0 Å². The number of hydrogen-bond acceptors (Lipinski definition) is 6. The standard InChI is InChI=1S/C17H15ClN2O4S/c1-22-11-6-4-9(8-13(11)24-3)16(21)20-17-19-14-12(23-2)7-5-10(18)15(14)25-17/h4-8H,1-3H3,(H,19,20,21). The number of rotatable bonds is 5. The summed E-state index contributed by atoms with van der Waals surface area (Å²) in [4.78, 5) is 16.9. The molecule has 2 aromatic carbocycles. The number of thiazole rings is 1. The predicted octanol–water partition coefficient (Wildman–Crippen LogP) is 4.23. The first kappa shape index (κ1) is 17.3. The summed E-state index contributed by atoms with van der Waals surface area (Å²) in [7, 11) is 4.61. The van der Waals surface area contributed by atoms with Crippen LogP contribution in [0.5, 0.6) is 17.2 Å². The number of fused-ring (bicyclic) bond motifs is 1. The van der Waals surface area contributed by atoms with Crippen LogP contribution in [0.2, 0.25) is 5.02 Å². The number of anilines is 1. The highest BCUT2D eigenvalue weighted by Crippen LogP contribution is 2.37. The van der Waals surface area contributed by atoms with Crippen molar-refractivity contribution in [2.45, 2.75) is 0 Å². The first-order valence-corrected chi connectivity index (χ1v) is 8.43. The van der Waals surface area contributed by atoms with E-state index < -0.39 is 0 Å². The Balaban J connectivity index is 1.91. The molecule has 0 aliphatic rings. The van der Waals surface area contributed by atoms with E-state index in [2.05, 4.69) is 10.3 Å². The summed E-state index contributed by atoms with van der Waals surface area (Å²) >= 11 is 7.48. The van der Waals surface area contributed by atoms with Crippen LogP contribution in [-0.2, 0) is 0 Å². The van der Waals surface area contributed by atoms with Crippen LogP contribution in [0.3, 0.4) is 0 Å². The minimum Gasteiger partial charge on any atom is -0.494 e. The van der Waals surface area contributed by atoms with E-state index in [4.69, 9.17) is 25.8 Å². The molecule has 0 saturated heterocycles. The van der Waals surface area contributed by atoms with E-state index in [1.165, 1.54) is 25.6 Å². The lowest BCUT2D eigenvalue weighted by Gasteiger charge is -2.09. The lowest BCUT2D eigenvalue weighted by molar-refractivity contribution is 0.102. The second-order valence-electron chi connectivity index (χ2n) is 4.97. The fourth-order valence-corrected chi connectivity index (χ4v) is 3.47. The molecule has 8 heteroatoms. The van der Waals surface area contributed by atoms with Gasteiger partial charge in [0.05, 0.1) is 31.1 Å². The molecule has 0 atom stereocenters. The molecular weight excluding hydrogens is 364 g/mol. The maximum Gasteiger partial charge on any atom is 0.257 e.